The first kappa shape index (κ1) is 16.9. The Hall–Kier alpha value is -3.56. The van der Waals surface area contributed by atoms with Gasteiger partial charge in [-0.2, -0.15) is 5.10 Å². The molecule has 138 valence electrons. The van der Waals surface area contributed by atoms with Gasteiger partial charge in [-0.1, -0.05) is 0 Å². The van der Waals surface area contributed by atoms with Crippen LogP contribution in [0.5, 0.6) is 5.75 Å². The van der Waals surface area contributed by atoms with Gasteiger partial charge in [0.15, 0.2) is 18.2 Å². The molecule has 10 heteroatoms. The molecule has 1 fully saturated rings. The van der Waals surface area contributed by atoms with Crippen LogP contribution in [0.15, 0.2) is 49.3 Å². The monoisotopic (exact) mass is 366 g/mol. The largest absolute Gasteiger partial charge is 0.482 e. The lowest BCUT2D eigenvalue weighted by atomic mass is 10.3. The summed E-state index contributed by atoms with van der Waals surface area (Å²) in [5.74, 6) is 1.94. The van der Waals surface area contributed by atoms with Gasteiger partial charge in [0.1, 0.15) is 18.4 Å². The number of piperazine rings is 1. The molecule has 3 aromatic rings. The Kier molecular flexibility index (Phi) is 4.86. The van der Waals surface area contributed by atoms with Gasteiger partial charge in [-0.05, 0) is 24.3 Å². The smallest absolute Gasteiger partial charge is 0.260 e. The Morgan fingerprint density at radius 2 is 1.85 bits per heavy atom. The van der Waals surface area contributed by atoms with Crippen molar-refractivity contribution < 1.29 is 9.53 Å². The number of hydrogen-bond acceptors (Lipinski definition) is 8. The molecule has 0 unspecified atom stereocenters. The van der Waals surface area contributed by atoms with Crippen LogP contribution < -0.4 is 9.64 Å². The Labute approximate surface area is 155 Å². The molecule has 3 aromatic heterocycles. The highest BCUT2D eigenvalue weighted by atomic mass is 16.5. The number of rotatable bonds is 5. The molecule has 4 heterocycles. The maximum Gasteiger partial charge on any atom is 0.260 e. The zero-order valence-electron chi connectivity index (χ0n) is 14.5. The van der Waals surface area contributed by atoms with E-state index in [-0.39, 0.29) is 12.5 Å². The van der Waals surface area contributed by atoms with Crippen LogP contribution in [0.4, 0.5) is 5.82 Å². The minimum atomic E-state index is -0.0360. The second kappa shape index (κ2) is 7.77. The lowest BCUT2D eigenvalue weighted by Gasteiger charge is -2.35. The Morgan fingerprint density at radius 3 is 2.52 bits per heavy atom. The fourth-order valence-electron chi connectivity index (χ4n) is 2.79. The third kappa shape index (κ3) is 4.00. The van der Waals surface area contributed by atoms with E-state index in [9.17, 15) is 4.79 Å². The van der Waals surface area contributed by atoms with Gasteiger partial charge in [0.05, 0.1) is 6.20 Å². The van der Waals surface area contributed by atoms with Crippen molar-refractivity contribution in [3.8, 4) is 11.6 Å². The lowest BCUT2D eigenvalue weighted by molar-refractivity contribution is -0.133. The highest BCUT2D eigenvalue weighted by Gasteiger charge is 2.22. The molecule has 10 nitrogen and oxygen atoms in total. The van der Waals surface area contributed by atoms with Crippen molar-refractivity contribution in [1.82, 2.24) is 34.8 Å². The Bertz CT molecular complexity index is 862. The van der Waals surface area contributed by atoms with Crippen LogP contribution in [0.3, 0.4) is 0 Å². The molecular formula is C17H18N8O2. The lowest BCUT2D eigenvalue weighted by Crippen LogP contribution is -2.50. The van der Waals surface area contributed by atoms with Crippen LogP contribution in [0.2, 0.25) is 0 Å². The maximum atomic E-state index is 12.3. The van der Waals surface area contributed by atoms with Crippen LogP contribution >= 0.6 is 0 Å². The number of amides is 1. The molecule has 1 amide bonds. The van der Waals surface area contributed by atoms with Crippen molar-refractivity contribution >= 4 is 11.7 Å². The molecule has 4 rings (SSSR count). The summed E-state index contributed by atoms with van der Waals surface area (Å²) in [6.07, 6.45) is 6.27. The summed E-state index contributed by atoms with van der Waals surface area (Å²) in [6, 6.07) is 7.29. The number of carbonyl (C=O) groups is 1. The van der Waals surface area contributed by atoms with E-state index in [4.69, 9.17) is 4.74 Å². The number of ether oxygens (including phenoxy) is 1. The minimum Gasteiger partial charge on any atom is -0.482 e. The summed E-state index contributed by atoms with van der Waals surface area (Å²) >= 11 is 0. The minimum absolute atomic E-state index is 0.0120. The highest BCUT2D eigenvalue weighted by molar-refractivity contribution is 5.78. The molecular weight excluding hydrogens is 348 g/mol. The van der Waals surface area contributed by atoms with Gasteiger partial charge in [0.2, 0.25) is 0 Å². The molecule has 0 aliphatic carbocycles. The second-order valence-electron chi connectivity index (χ2n) is 5.94. The molecule has 0 saturated carbocycles. The molecule has 0 bridgehead atoms. The maximum absolute atomic E-state index is 12.3. The second-order valence-corrected chi connectivity index (χ2v) is 5.94. The first-order chi connectivity index (χ1) is 13.3. The Balaban J connectivity index is 1.29. The third-order valence-electron chi connectivity index (χ3n) is 4.24. The summed E-state index contributed by atoms with van der Waals surface area (Å²) in [7, 11) is 0. The van der Waals surface area contributed by atoms with Crippen LogP contribution in [0, 0.1) is 0 Å². The molecule has 1 saturated heterocycles. The SMILES string of the molecule is O=C(COc1cccnc1)N1CCN(c2ccc(-n3cncn3)nn2)CC1. The predicted octanol–water partition coefficient (Wildman–Crippen LogP) is 0.180. The van der Waals surface area contributed by atoms with Gasteiger partial charge >= 0.3 is 0 Å². The molecule has 0 aromatic carbocycles. The van der Waals surface area contributed by atoms with Crippen molar-refractivity contribution in [2.75, 3.05) is 37.7 Å². The van der Waals surface area contributed by atoms with E-state index in [1.165, 1.54) is 6.33 Å². The fourth-order valence-corrected chi connectivity index (χ4v) is 2.79. The molecule has 0 radical (unpaired) electrons. The van der Waals surface area contributed by atoms with Crippen molar-refractivity contribution in [2.24, 2.45) is 0 Å². The standard InChI is InChI=1S/C17H18N8O2/c26-17(11-27-14-2-1-5-18-10-14)24-8-6-23(7-9-24)15-3-4-16(22-21-15)25-13-19-12-20-25/h1-5,10,12-13H,6-9,11H2. The van der Waals surface area contributed by atoms with Crippen molar-refractivity contribution in [3.05, 3.63) is 49.3 Å². The van der Waals surface area contributed by atoms with E-state index >= 15 is 0 Å². The molecule has 0 atom stereocenters. The Morgan fingerprint density at radius 1 is 1.04 bits per heavy atom. The average molecular weight is 366 g/mol. The van der Waals surface area contributed by atoms with Gasteiger partial charge < -0.3 is 14.5 Å². The van der Waals surface area contributed by atoms with Crippen LogP contribution in [-0.4, -0.2) is 73.5 Å². The van der Waals surface area contributed by atoms with Crippen LogP contribution in [-0.2, 0) is 4.79 Å². The molecule has 1 aliphatic rings. The normalized spacial score (nSPS) is 14.2. The highest BCUT2D eigenvalue weighted by Crippen LogP contribution is 2.14. The summed E-state index contributed by atoms with van der Waals surface area (Å²) in [4.78, 5) is 24.1. The first-order valence-corrected chi connectivity index (χ1v) is 8.54. The van der Waals surface area contributed by atoms with E-state index < -0.39 is 0 Å². The van der Waals surface area contributed by atoms with Crippen molar-refractivity contribution in [2.45, 2.75) is 0 Å². The molecule has 0 N–H and O–H groups in total. The van der Waals surface area contributed by atoms with Crippen LogP contribution in [0.25, 0.3) is 5.82 Å². The molecule has 1 aliphatic heterocycles. The van der Waals surface area contributed by atoms with Crippen molar-refractivity contribution in [1.29, 1.82) is 0 Å². The van der Waals surface area contributed by atoms with Gasteiger partial charge in [-0.3, -0.25) is 9.78 Å². The number of carbonyl (C=O) groups excluding carboxylic acids is 1. The van der Waals surface area contributed by atoms with Gasteiger partial charge in [0.25, 0.3) is 5.91 Å². The topological polar surface area (TPSA) is 102 Å². The van der Waals surface area contributed by atoms with Gasteiger partial charge in [0, 0.05) is 32.4 Å². The quantitative estimate of drug-likeness (QED) is 0.630. The summed E-state index contributed by atoms with van der Waals surface area (Å²) in [6.45, 7) is 2.62. The summed E-state index contributed by atoms with van der Waals surface area (Å²) in [5, 5.41) is 12.5. The van der Waals surface area contributed by atoms with Gasteiger partial charge in [-0.15, -0.1) is 10.2 Å². The van der Waals surface area contributed by atoms with E-state index in [2.05, 4.69) is 30.2 Å². The van der Waals surface area contributed by atoms with E-state index in [1.807, 2.05) is 12.1 Å². The van der Waals surface area contributed by atoms with Crippen molar-refractivity contribution in [3.63, 3.8) is 0 Å². The summed E-state index contributed by atoms with van der Waals surface area (Å²) in [5.41, 5.74) is 0. The zero-order valence-corrected chi connectivity index (χ0v) is 14.5. The van der Waals surface area contributed by atoms with E-state index in [1.54, 1.807) is 40.4 Å². The molecule has 27 heavy (non-hydrogen) atoms. The number of hydrogen-bond donors (Lipinski definition) is 0. The number of pyridine rings is 1. The average Bonchev–Trinajstić information content (AvgIpc) is 3.28. The zero-order chi connectivity index (χ0) is 18.5. The van der Waals surface area contributed by atoms with E-state index in [0.717, 1.165) is 5.82 Å². The number of nitrogens with zero attached hydrogens (tertiary/aromatic N) is 8. The fraction of sp³-hybridized carbons (Fsp3) is 0.294. The first-order valence-electron chi connectivity index (χ1n) is 8.54. The number of anilines is 1. The van der Waals surface area contributed by atoms with Crippen LogP contribution in [0.1, 0.15) is 0 Å². The van der Waals surface area contributed by atoms with Gasteiger partial charge in [-0.25, -0.2) is 9.67 Å². The summed E-state index contributed by atoms with van der Waals surface area (Å²) < 4.78 is 7.03. The number of aromatic nitrogens is 6. The molecule has 0 spiro atoms. The third-order valence-corrected chi connectivity index (χ3v) is 4.24. The predicted molar refractivity (Wildman–Crippen MR) is 95.5 cm³/mol. The van der Waals surface area contributed by atoms with E-state index in [0.29, 0.717) is 37.7 Å².